The summed E-state index contributed by atoms with van der Waals surface area (Å²) in [5.74, 6) is 0.168. The molecule has 0 spiro atoms. The third-order valence-corrected chi connectivity index (χ3v) is 3.47. The second-order valence-corrected chi connectivity index (χ2v) is 6.47. The zero-order valence-electron chi connectivity index (χ0n) is 12.3. The molecule has 1 amide bonds. The molecule has 0 bridgehead atoms. The van der Waals surface area contributed by atoms with Gasteiger partial charge < -0.3 is 10.2 Å². The highest BCUT2D eigenvalue weighted by Crippen LogP contribution is 2.21. The van der Waals surface area contributed by atoms with Crippen LogP contribution in [0.5, 0.6) is 0 Å². The average Bonchev–Trinajstić information content (AvgIpc) is 2.85. The van der Waals surface area contributed by atoms with E-state index >= 15 is 0 Å². The van der Waals surface area contributed by atoms with E-state index in [1.54, 1.807) is 10.9 Å². The fraction of sp³-hybridized carbons (Fsp3) is 0.714. The quantitative estimate of drug-likeness (QED) is 0.897. The van der Waals surface area contributed by atoms with Crippen LogP contribution in [0.2, 0.25) is 0 Å². The molecule has 1 aliphatic heterocycles. The summed E-state index contributed by atoms with van der Waals surface area (Å²) in [6.07, 6.45) is 5.58. The maximum atomic E-state index is 12.3. The van der Waals surface area contributed by atoms with E-state index in [1.807, 2.05) is 18.1 Å². The Morgan fingerprint density at radius 2 is 2.21 bits per heavy atom. The van der Waals surface area contributed by atoms with Crippen molar-refractivity contribution in [2.45, 2.75) is 39.7 Å². The molecule has 1 aromatic heterocycles. The highest BCUT2D eigenvalue weighted by atomic mass is 16.2. The number of carbonyl (C=O) groups is 1. The normalized spacial score (nSPS) is 20.3. The lowest BCUT2D eigenvalue weighted by molar-refractivity contribution is -0.118. The first kappa shape index (κ1) is 14.1. The summed E-state index contributed by atoms with van der Waals surface area (Å²) in [6.45, 7) is 8.31. The minimum atomic E-state index is -0.0393. The third kappa shape index (κ3) is 3.56. The molecular weight excluding hydrogens is 240 g/mol. The smallest absolute Gasteiger partial charge is 0.244 e. The van der Waals surface area contributed by atoms with Crippen LogP contribution in [-0.4, -0.2) is 34.8 Å². The summed E-state index contributed by atoms with van der Waals surface area (Å²) in [7, 11) is 1.86. The van der Waals surface area contributed by atoms with Gasteiger partial charge in [0.2, 0.25) is 5.91 Å². The molecule has 1 N–H and O–H groups in total. The van der Waals surface area contributed by atoms with Gasteiger partial charge in [-0.1, -0.05) is 20.8 Å². The van der Waals surface area contributed by atoms with Crippen LogP contribution in [0.1, 0.15) is 33.6 Å². The lowest BCUT2D eigenvalue weighted by atomic mass is 9.92. The van der Waals surface area contributed by atoms with E-state index in [1.165, 1.54) is 0 Å². The molecule has 1 aliphatic rings. The number of hydrogen-bond acceptors (Lipinski definition) is 3. The molecule has 106 valence electrons. The Hall–Kier alpha value is -1.36. The van der Waals surface area contributed by atoms with Gasteiger partial charge in [0.1, 0.15) is 0 Å². The zero-order chi connectivity index (χ0) is 14.0. The van der Waals surface area contributed by atoms with E-state index < -0.39 is 0 Å². The van der Waals surface area contributed by atoms with E-state index in [-0.39, 0.29) is 11.9 Å². The van der Waals surface area contributed by atoms with Crippen LogP contribution >= 0.6 is 0 Å². The number of rotatable bonds is 4. The van der Waals surface area contributed by atoms with E-state index in [9.17, 15) is 4.79 Å². The number of anilines is 1. The largest absolute Gasteiger partial charge is 0.308 e. The van der Waals surface area contributed by atoms with E-state index in [0.717, 1.165) is 31.6 Å². The summed E-state index contributed by atoms with van der Waals surface area (Å²) in [4.78, 5) is 14.1. The maximum absolute atomic E-state index is 12.3. The van der Waals surface area contributed by atoms with Crippen molar-refractivity contribution >= 4 is 11.6 Å². The molecule has 1 fully saturated rings. The third-order valence-electron chi connectivity index (χ3n) is 3.47. The van der Waals surface area contributed by atoms with Crippen LogP contribution in [0.15, 0.2) is 12.4 Å². The van der Waals surface area contributed by atoms with Crippen molar-refractivity contribution in [3.8, 4) is 0 Å². The van der Waals surface area contributed by atoms with Gasteiger partial charge in [-0.25, -0.2) is 0 Å². The predicted octanol–water partition coefficient (Wildman–Crippen LogP) is 1.55. The molecule has 0 radical (unpaired) electrons. The second kappa shape index (κ2) is 5.33. The average molecular weight is 264 g/mol. The molecule has 1 atom stereocenters. The summed E-state index contributed by atoms with van der Waals surface area (Å²) >= 11 is 0. The Kier molecular flexibility index (Phi) is 3.94. The second-order valence-electron chi connectivity index (χ2n) is 6.47. The van der Waals surface area contributed by atoms with Crippen LogP contribution in [0.3, 0.4) is 0 Å². The van der Waals surface area contributed by atoms with Crippen molar-refractivity contribution in [1.82, 2.24) is 15.1 Å². The Balaban J connectivity index is 1.88. The first-order valence-electron chi connectivity index (χ1n) is 6.90. The molecule has 1 aromatic rings. The van der Waals surface area contributed by atoms with Gasteiger partial charge in [-0.2, -0.15) is 5.10 Å². The summed E-state index contributed by atoms with van der Waals surface area (Å²) in [6, 6.07) is -0.0393. The number of nitrogens with one attached hydrogen (secondary N) is 1. The number of aryl methyl sites for hydroxylation is 1. The predicted molar refractivity (Wildman–Crippen MR) is 76.0 cm³/mol. The van der Waals surface area contributed by atoms with Gasteiger partial charge in [0, 0.05) is 19.8 Å². The van der Waals surface area contributed by atoms with Crippen molar-refractivity contribution < 1.29 is 4.79 Å². The number of hydrogen-bond donors (Lipinski definition) is 1. The summed E-state index contributed by atoms with van der Waals surface area (Å²) in [5.41, 5.74) is 1.20. The molecule has 19 heavy (non-hydrogen) atoms. The topological polar surface area (TPSA) is 50.2 Å². The molecule has 2 rings (SSSR count). The number of nitrogens with zero attached hydrogens (tertiary/aromatic N) is 3. The van der Waals surface area contributed by atoms with Crippen LogP contribution in [-0.2, 0) is 11.8 Å². The van der Waals surface area contributed by atoms with Crippen molar-refractivity contribution in [3.63, 3.8) is 0 Å². The van der Waals surface area contributed by atoms with Gasteiger partial charge in [-0.05, 0) is 24.8 Å². The lowest BCUT2D eigenvalue weighted by Gasteiger charge is -2.20. The molecule has 0 saturated carbocycles. The maximum Gasteiger partial charge on any atom is 0.244 e. The number of aromatic nitrogens is 2. The van der Waals surface area contributed by atoms with Gasteiger partial charge in [0.15, 0.2) is 0 Å². The van der Waals surface area contributed by atoms with Crippen LogP contribution in [0.25, 0.3) is 0 Å². The van der Waals surface area contributed by atoms with E-state index in [2.05, 4.69) is 31.2 Å². The zero-order valence-corrected chi connectivity index (χ0v) is 12.3. The van der Waals surface area contributed by atoms with E-state index in [4.69, 9.17) is 0 Å². The van der Waals surface area contributed by atoms with Crippen LogP contribution in [0, 0.1) is 5.41 Å². The Labute approximate surface area is 115 Å². The SMILES string of the molecule is Cn1cc(N2CC[C@H](NCCC(C)(C)C)C2=O)cn1. The molecule has 5 nitrogen and oxygen atoms in total. The first-order valence-corrected chi connectivity index (χ1v) is 6.90. The van der Waals surface area contributed by atoms with Crippen LogP contribution in [0.4, 0.5) is 5.69 Å². The molecule has 2 heterocycles. The van der Waals surface area contributed by atoms with Gasteiger partial charge in [0.05, 0.1) is 17.9 Å². The van der Waals surface area contributed by atoms with Crippen molar-refractivity contribution in [1.29, 1.82) is 0 Å². The standard InChI is InChI=1S/C14H24N4O/c1-14(2,3)6-7-15-12-5-8-18(13(12)19)11-9-16-17(4)10-11/h9-10,12,15H,5-8H2,1-4H3/t12-/m0/s1. The number of amides is 1. The minimum absolute atomic E-state index is 0.0393. The minimum Gasteiger partial charge on any atom is -0.308 e. The fourth-order valence-corrected chi connectivity index (χ4v) is 2.29. The monoisotopic (exact) mass is 264 g/mol. The highest BCUT2D eigenvalue weighted by Gasteiger charge is 2.32. The summed E-state index contributed by atoms with van der Waals surface area (Å²) < 4.78 is 1.73. The molecule has 1 saturated heterocycles. The summed E-state index contributed by atoms with van der Waals surface area (Å²) in [5, 5.41) is 7.49. The molecule has 0 aromatic carbocycles. The van der Waals surface area contributed by atoms with Gasteiger partial charge in [0.25, 0.3) is 0 Å². The molecule has 0 aliphatic carbocycles. The Morgan fingerprint density at radius 1 is 1.47 bits per heavy atom. The van der Waals surface area contributed by atoms with Crippen molar-refractivity contribution in [3.05, 3.63) is 12.4 Å². The van der Waals surface area contributed by atoms with Gasteiger partial charge >= 0.3 is 0 Å². The van der Waals surface area contributed by atoms with E-state index in [0.29, 0.717) is 5.41 Å². The molecule has 5 heteroatoms. The molecular formula is C14H24N4O. The van der Waals surface area contributed by atoms with Crippen molar-refractivity contribution in [2.24, 2.45) is 12.5 Å². The molecule has 0 unspecified atom stereocenters. The number of carbonyl (C=O) groups excluding carboxylic acids is 1. The highest BCUT2D eigenvalue weighted by molar-refractivity contribution is 5.99. The van der Waals surface area contributed by atoms with Crippen LogP contribution < -0.4 is 10.2 Å². The van der Waals surface area contributed by atoms with Crippen molar-refractivity contribution in [2.75, 3.05) is 18.0 Å². The Bertz CT molecular complexity index is 447. The lowest BCUT2D eigenvalue weighted by Crippen LogP contribution is -2.39. The van der Waals surface area contributed by atoms with Gasteiger partial charge in [-0.15, -0.1) is 0 Å². The Morgan fingerprint density at radius 3 is 2.79 bits per heavy atom. The first-order chi connectivity index (χ1) is 8.87. The van der Waals surface area contributed by atoms with Gasteiger partial charge in [-0.3, -0.25) is 9.48 Å². The fourth-order valence-electron chi connectivity index (χ4n) is 2.29.